The van der Waals surface area contributed by atoms with E-state index in [1.165, 1.54) is 12.1 Å². The van der Waals surface area contributed by atoms with E-state index in [0.717, 1.165) is 27.5 Å². The average Bonchev–Trinajstić information content (AvgIpc) is 3.42. The van der Waals surface area contributed by atoms with Crippen LogP contribution in [0.4, 0.5) is 9.18 Å². The number of fused-ring (bicyclic) bond motifs is 1. The van der Waals surface area contributed by atoms with E-state index in [9.17, 15) is 14.0 Å². The molecule has 0 bridgehead atoms. The molecule has 2 aliphatic heterocycles. The maximum Gasteiger partial charge on any atom is 0.329 e. The summed E-state index contributed by atoms with van der Waals surface area (Å²) in [5, 5.41) is 2.64. The molecule has 5 rings (SSSR count). The maximum atomic E-state index is 13.1. The predicted octanol–water partition coefficient (Wildman–Crippen LogP) is 4.05. The number of aryl methyl sites for hydroxylation is 1. The summed E-state index contributed by atoms with van der Waals surface area (Å²) in [6.07, 6.45) is 1.68. The van der Waals surface area contributed by atoms with Crippen LogP contribution in [0.2, 0.25) is 0 Å². The number of nitrogens with one attached hydrogen (secondary N) is 1. The molecule has 7 nitrogen and oxygen atoms in total. The summed E-state index contributed by atoms with van der Waals surface area (Å²) < 4.78 is 26.0. The molecule has 1 saturated heterocycles. The fourth-order valence-corrected chi connectivity index (χ4v) is 4.00. The molecule has 2 aliphatic rings. The van der Waals surface area contributed by atoms with Gasteiger partial charge in [0.1, 0.15) is 11.5 Å². The van der Waals surface area contributed by atoms with Crippen molar-refractivity contribution >= 4 is 18.0 Å². The second-order valence-corrected chi connectivity index (χ2v) is 7.71. The molecule has 162 valence electrons. The Morgan fingerprint density at radius 3 is 2.56 bits per heavy atom. The van der Waals surface area contributed by atoms with Gasteiger partial charge in [0.15, 0.2) is 11.5 Å². The molecule has 0 radical (unpaired) electrons. The highest BCUT2D eigenvalue weighted by Crippen LogP contribution is 2.35. The second kappa shape index (κ2) is 7.56. The van der Waals surface area contributed by atoms with Crippen LogP contribution < -0.4 is 14.8 Å². The third kappa shape index (κ3) is 3.39. The van der Waals surface area contributed by atoms with Crippen LogP contribution in [0.3, 0.4) is 0 Å². The molecule has 3 heterocycles. The summed E-state index contributed by atoms with van der Waals surface area (Å²) in [7, 11) is 0. The van der Waals surface area contributed by atoms with Crippen LogP contribution in [-0.2, 0) is 11.3 Å². The summed E-state index contributed by atoms with van der Waals surface area (Å²) in [5.41, 5.74) is 4.46. The highest BCUT2D eigenvalue weighted by atomic mass is 19.1. The molecule has 32 heavy (non-hydrogen) atoms. The number of imide groups is 1. The Hall–Kier alpha value is -4.07. The van der Waals surface area contributed by atoms with Gasteiger partial charge in [0.2, 0.25) is 6.79 Å². The fourth-order valence-electron chi connectivity index (χ4n) is 4.00. The monoisotopic (exact) mass is 433 g/mol. The number of aromatic nitrogens is 1. The Bertz CT molecular complexity index is 1280. The van der Waals surface area contributed by atoms with Crippen LogP contribution in [0.25, 0.3) is 11.8 Å². The SMILES string of the molecule is Cc1cc(/C=C2\NC(=O)N(Cc3ccc(F)cc3)C2=O)c(C)n1-c1ccc2c(c1)OCO2. The first kappa shape index (κ1) is 19.9. The lowest BCUT2D eigenvalue weighted by molar-refractivity contribution is -0.123. The van der Waals surface area contributed by atoms with E-state index in [4.69, 9.17) is 9.47 Å². The van der Waals surface area contributed by atoms with Gasteiger partial charge in [-0.05, 0) is 61.4 Å². The van der Waals surface area contributed by atoms with E-state index in [1.807, 2.05) is 42.7 Å². The predicted molar refractivity (Wildman–Crippen MR) is 115 cm³/mol. The lowest BCUT2D eigenvalue weighted by Gasteiger charge is -2.11. The molecule has 1 aromatic heterocycles. The fraction of sp³-hybridized carbons (Fsp3) is 0.167. The first-order valence-corrected chi connectivity index (χ1v) is 10.1. The minimum atomic E-state index is -0.504. The van der Waals surface area contributed by atoms with Crippen molar-refractivity contribution in [2.24, 2.45) is 0 Å². The van der Waals surface area contributed by atoms with Crippen molar-refractivity contribution in [2.45, 2.75) is 20.4 Å². The number of nitrogens with zero attached hydrogens (tertiary/aromatic N) is 2. The number of carbonyl (C=O) groups excluding carboxylic acids is 2. The van der Waals surface area contributed by atoms with Gasteiger partial charge in [-0.25, -0.2) is 9.18 Å². The molecule has 3 amide bonds. The summed E-state index contributed by atoms with van der Waals surface area (Å²) in [6.45, 7) is 4.19. The zero-order valence-electron chi connectivity index (χ0n) is 17.5. The van der Waals surface area contributed by atoms with E-state index < -0.39 is 11.9 Å². The van der Waals surface area contributed by atoms with Crippen LogP contribution in [0, 0.1) is 19.7 Å². The Kier molecular flexibility index (Phi) is 4.70. The quantitative estimate of drug-likeness (QED) is 0.498. The van der Waals surface area contributed by atoms with Gasteiger partial charge in [-0.3, -0.25) is 9.69 Å². The summed E-state index contributed by atoms with van der Waals surface area (Å²) in [4.78, 5) is 26.4. The van der Waals surface area contributed by atoms with Gasteiger partial charge < -0.3 is 19.4 Å². The minimum Gasteiger partial charge on any atom is -0.454 e. The van der Waals surface area contributed by atoms with Gasteiger partial charge in [0.05, 0.1) is 6.54 Å². The molecular formula is C24H20FN3O4. The summed E-state index contributed by atoms with van der Waals surface area (Å²) in [5.74, 6) is 0.597. The number of rotatable bonds is 4. The van der Waals surface area contributed by atoms with Gasteiger partial charge >= 0.3 is 6.03 Å². The van der Waals surface area contributed by atoms with Crippen molar-refractivity contribution in [2.75, 3.05) is 6.79 Å². The molecule has 0 unspecified atom stereocenters. The Morgan fingerprint density at radius 2 is 1.78 bits per heavy atom. The lowest BCUT2D eigenvalue weighted by atomic mass is 10.2. The van der Waals surface area contributed by atoms with Crippen molar-refractivity contribution in [3.63, 3.8) is 0 Å². The van der Waals surface area contributed by atoms with Crippen molar-refractivity contribution in [1.82, 2.24) is 14.8 Å². The van der Waals surface area contributed by atoms with E-state index in [-0.39, 0.29) is 24.9 Å². The standard InChI is InChI=1S/C24H20FN3O4/c1-14-9-17(15(2)28(14)19-7-8-21-22(11-19)32-13-31-21)10-20-23(29)27(24(30)26-20)12-16-3-5-18(25)6-4-16/h3-11H,12-13H2,1-2H3,(H,26,30)/b20-10-. The number of carbonyl (C=O) groups is 2. The number of ether oxygens (including phenoxy) is 2. The zero-order valence-corrected chi connectivity index (χ0v) is 17.5. The molecule has 0 atom stereocenters. The Balaban J connectivity index is 1.43. The Labute approximate surface area is 183 Å². The Morgan fingerprint density at radius 1 is 1.03 bits per heavy atom. The smallest absolute Gasteiger partial charge is 0.329 e. The number of hydrogen-bond acceptors (Lipinski definition) is 4. The summed E-state index contributed by atoms with van der Waals surface area (Å²) in [6, 6.07) is 12.9. The summed E-state index contributed by atoms with van der Waals surface area (Å²) >= 11 is 0. The number of amides is 3. The molecule has 2 aromatic carbocycles. The van der Waals surface area contributed by atoms with Gasteiger partial charge in [-0.15, -0.1) is 0 Å². The van der Waals surface area contributed by atoms with E-state index in [0.29, 0.717) is 17.1 Å². The van der Waals surface area contributed by atoms with Crippen LogP contribution in [0.5, 0.6) is 11.5 Å². The highest BCUT2D eigenvalue weighted by Gasteiger charge is 2.33. The van der Waals surface area contributed by atoms with Crippen molar-refractivity contribution in [1.29, 1.82) is 0 Å². The normalized spacial score (nSPS) is 16.2. The van der Waals surface area contributed by atoms with Crippen LogP contribution in [0.15, 0.2) is 54.2 Å². The number of hydrogen-bond donors (Lipinski definition) is 1. The van der Waals surface area contributed by atoms with E-state index in [2.05, 4.69) is 5.32 Å². The van der Waals surface area contributed by atoms with Gasteiger partial charge in [-0.1, -0.05) is 12.1 Å². The largest absolute Gasteiger partial charge is 0.454 e. The molecule has 8 heteroatoms. The molecular weight excluding hydrogens is 413 g/mol. The lowest BCUT2D eigenvalue weighted by Crippen LogP contribution is -2.30. The highest BCUT2D eigenvalue weighted by molar-refractivity contribution is 6.14. The molecule has 0 spiro atoms. The minimum absolute atomic E-state index is 0.0680. The van der Waals surface area contributed by atoms with Crippen LogP contribution in [-0.4, -0.2) is 28.2 Å². The first-order valence-electron chi connectivity index (χ1n) is 10.1. The topological polar surface area (TPSA) is 72.8 Å². The number of benzene rings is 2. The average molecular weight is 433 g/mol. The molecule has 0 saturated carbocycles. The van der Waals surface area contributed by atoms with Gasteiger partial charge in [-0.2, -0.15) is 0 Å². The van der Waals surface area contributed by atoms with Crippen molar-refractivity contribution in [3.8, 4) is 17.2 Å². The number of urea groups is 1. The zero-order chi connectivity index (χ0) is 22.4. The second-order valence-electron chi connectivity index (χ2n) is 7.71. The molecule has 0 aliphatic carbocycles. The third-order valence-electron chi connectivity index (χ3n) is 5.60. The van der Waals surface area contributed by atoms with Crippen molar-refractivity contribution < 1.29 is 23.5 Å². The van der Waals surface area contributed by atoms with Gasteiger partial charge in [0, 0.05) is 23.1 Å². The number of halogens is 1. The van der Waals surface area contributed by atoms with Crippen LogP contribution >= 0.6 is 0 Å². The first-order chi connectivity index (χ1) is 15.4. The van der Waals surface area contributed by atoms with E-state index in [1.54, 1.807) is 18.2 Å². The van der Waals surface area contributed by atoms with Crippen LogP contribution in [0.1, 0.15) is 22.5 Å². The third-order valence-corrected chi connectivity index (χ3v) is 5.60. The van der Waals surface area contributed by atoms with Crippen molar-refractivity contribution in [3.05, 3.63) is 82.6 Å². The molecule has 1 N–H and O–H groups in total. The van der Waals surface area contributed by atoms with Gasteiger partial charge in [0.25, 0.3) is 5.91 Å². The van der Waals surface area contributed by atoms with E-state index >= 15 is 0 Å². The molecule has 1 fully saturated rings. The maximum absolute atomic E-state index is 13.1. The molecule has 3 aromatic rings.